The lowest BCUT2D eigenvalue weighted by atomic mass is 9.85. The number of aromatic amines is 1. The highest BCUT2D eigenvalue weighted by atomic mass is 127. The number of aromatic nitrogens is 1. The van der Waals surface area contributed by atoms with Crippen LogP contribution in [-0.2, 0) is 17.8 Å². The third-order valence-corrected chi connectivity index (χ3v) is 5.85. The van der Waals surface area contributed by atoms with Gasteiger partial charge in [0.15, 0.2) is 5.96 Å². The highest BCUT2D eigenvalue weighted by Gasteiger charge is 2.25. The third-order valence-electron chi connectivity index (χ3n) is 5.85. The van der Waals surface area contributed by atoms with Crippen LogP contribution in [0.2, 0.25) is 0 Å². The van der Waals surface area contributed by atoms with Gasteiger partial charge in [-0.15, -0.1) is 24.0 Å². The van der Waals surface area contributed by atoms with Gasteiger partial charge < -0.3 is 20.9 Å². The smallest absolute Gasteiger partial charge is 0.227 e. The summed E-state index contributed by atoms with van der Waals surface area (Å²) in [5.74, 6) is 0.772. The highest BCUT2D eigenvalue weighted by Crippen LogP contribution is 2.27. The molecule has 1 amide bonds. The number of halogens is 2. The molecule has 4 N–H and O–H groups in total. The topological polar surface area (TPSA) is 81.3 Å². The van der Waals surface area contributed by atoms with Crippen molar-refractivity contribution in [1.29, 1.82) is 0 Å². The van der Waals surface area contributed by atoms with Crippen LogP contribution in [0.25, 0.3) is 10.9 Å². The van der Waals surface area contributed by atoms with E-state index >= 15 is 0 Å². The van der Waals surface area contributed by atoms with Gasteiger partial charge in [-0.1, -0.05) is 18.6 Å². The van der Waals surface area contributed by atoms with Gasteiger partial charge in [-0.3, -0.25) is 4.79 Å². The number of H-pyrrole nitrogens is 1. The molecule has 0 bridgehead atoms. The number of rotatable bonds is 8. The number of benzene rings is 2. The molecule has 0 radical (unpaired) electrons. The van der Waals surface area contributed by atoms with Crippen LogP contribution in [0.5, 0.6) is 0 Å². The van der Waals surface area contributed by atoms with Crippen LogP contribution < -0.4 is 16.0 Å². The van der Waals surface area contributed by atoms with Gasteiger partial charge in [0.1, 0.15) is 5.82 Å². The fourth-order valence-corrected chi connectivity index (χ4v) is 3.85. The van der Waals surface area contributed by atoms with Crippen LogP contribution >= 0.6 is 24.0 Å². The molecule has 1 aliphatic rings. The van der Waals surface area contributed by atoms with E-state index in [4.69, 9.17) is 0 Å². The Morgan fingerprint density at radius 2 is 2.03 bits per heavy atom. The maximum Gasteiger partial charge on any atom is 0.227 e. The van der Waals surface area contributed by atoms with Crippen LogP contribution in [0.15, 0.2) is 53.7 Å². The van der Waals surface area contributed by atoms with E-state index in [0.717, 1.165) is 65.9 Å². The number of nitrogens with one attached hydrogen (secondary N) is 4. The Hall–Kier alpha value is -2.62. The largest absolute Gasteiger partial charge is 0.361 e. The molecule has 3 aromatic rings. The molecule has 0 saturated heterocycles. The summed E-state index contributed by atoms with van der Waals surface area (Å²) in [6, 6.07) is 12.6. The monoisotopic (exact) mass is 563 g/mol. The Morgan fingerprint density at radius 1 is 1.18 bits per heavy atom. The van der Waals surface area contributed by atoms with Crippen molar-refractivity contribution in [3.05, 3.63) is 65.6 Å². The van der Waals surface area contributed by atoms with Gasteiger partial charge >= 0.3 is 0 Å². The van der Waals surface area contributed by atoms with Crippen molar-refractivity contribution in [2.75, 3.05) is 18.4 Å². The minimum absolute atomic E-state index is 0. The molecule has 0 aliphatic heterocycles. The molecule has 2 aromatic carbocycles. The molecule has 1 aliphatic carbocycles. The molecule has 8 heteroatoms. The number of hydrogen-bond donors (Lipinski definition) is 4. The second-order valence-electron chi connectivity index (χ2n) is 8.19. The predicted molar refractivity (Wildman–Crippen MR) is 143 cm³/mol. The molecule has 1 fully saturated rings. The lowest BCUT2D eigenvalue weighted by molar-refractivity contribution is -0.122. The van der Waals surface area contributed by atoms with Crippen LogP contribution in [0.3, 0.4) is 0 Å². The summed E-state index contributed by atoms with van der Waals surface area (Å²) in [5.41, 5.74) is 3.85. The summed E-state index contributed by atoms with van der Waals surface area (Å²) in [6.45, 7) is 3.95. The molecule has 0 atom stereocenters. The summed E-state index contributed by atoms with van der Waals surface area (Å²) in [7, 11) is 0. The quantitative estimate of drug-likeness (QED) is 0.178. The fourth-order valence-electron chi connectivity index (χ4n) is 3.85. The van der Waals surface area contributed by atoms with E-state index in [2.05, 4.69) is 25.9 Å². The van der Waals surface area contributed by atoms with Crippen molar-refractivity contribution < 1.29 is 9.18 Å². The number of amides is 1. The van der Waals surface area contributed by atoms with Crippen molar-refractivity contribution in [3.8, 4) is 0 Å². The molecule has 0 spiro atoms. The lowest BCUT2D eigenvalue weighted by Crippen LogP contribution is -2.38. The Morgan fingerprint density at radius 3 is 2.79 bits per heavy atom. The average Bonchev–Trinajstić information content (AvgIpc) is 3.13. The van der Waals surface area contributed by atoms with E-state index in [0.29, 0.717) is 13.1 Å². The van der Waals surface area contributed by atoms with E-state index in [-0.39, 0.29) is 41.6 Å². The first-order valence-electron chi connectivity index (χ1n) is 11.3. The maximum atomic E-state index is 13.6. The predicted octanol–water partition coefficient (Wildman–Crippen LogP) is 4.96. The van der Waals surface area contributed by atoms with Crippen LogP contribution in [0.4, 0.5) is 10.1 Å². The summed E-state index contributed by atoms with van der Waals surface area (Å²) < 4.78 is 13.6. The van der Waals surface area contributed by atoms with Crippen LogP contribution in [0.1, 0.15) is 37.3 Å². The van der Waals surface area contributed by atoms with Crippen molar-refractivity contribution in [2.45, 2.75) is 39.2 Å². The minimum Gasteiger partial charge on any atom is -0.361 e. The number of anilines is 1. The molecule has 1 heterocycles. The van der Waals surface area contributed by atoms with Crippen molar-refractivity contribution >= 4 is 52.4 Å². The summed E-state index contributed by atoms with van der Waals surface area (Å²) in [6.07, 6.45) is 5.79. The van der Waals surface area contributed by atoms with Gasteiger partial charge in [0, 0.05) is 41.8 Å². The van der Waals surface area contributed by atoms with E-state index in [1.54, 1.807) is 12.1 Å². The highest BCUT2D eigenvalue weighted by molar-refractivity contribution is 14.0. The van der Waals surface area contributed by atoms with Crippen molar-refractivity contribution in [1.82, 2.24) is 15.6 Å². The van der Waals surface area contributed by atoms with Crippen LogP contribution in [0, 0.1) is 11.7 Å². The zero-order valence-electron chi connectivity index (χ0n) is 18.8. The second kappa shape index (κ2) is 12.0. The second-order valence-corrected chi connectivity index (χ2v) is 8.19. The average molecular weight is 563 g/mol. The number of hydrogen-bond acceptors (Lipinski definition) is 2. The summed E-state index contributed by atoms with van der Waals surface area (Å²) in [4.78, 5) is 20.1. The zero-order valence-corrected chi connectivity index (χ0v) is 21.1. The molecule has 6 nitrogen and oxygen atoms in total. The van der Waals surface area contributed by atoms with Crippen molar-refractivity contribution in [3.63, 3.8) is 0 Å². The van der Waals surface area contributed by atoms with E-state index < -0.39 is 0 Å². The van der Waals surface area contributed by atoms with Gasteiger partial charge in [0.2, 0.25) is 5.91 Å². The Labute approximate surface area is 210 Å². The lowest BCUT2D eigenvalue weighted by Gasteiger charge is -2.24. The molecular weight excluding hydrogens is 532 g/mol. The first-order valence-corrected chi connectivity index (χ1v) is 11.3. The maximum absolute atomic E-state index is 13.6. The number of guanidine groups is 1. The van der Waals surface area contributed by atoms with E-state index in [9.17, 15) is 9.18 Å². The number of aliphatic imine (C=N–C) groups is 1. The summed E-state index contributed by atoms with van der Waals surface area (Å²) in [5, 5.41) is 10.5. The molecule has 33 heavy (non-hydrogen) atoms. The zero-order chi connectivity index (χ0) is 22.3. The van der Waals surface area contributed by atoms with Gasteiger partial charge in [0.25, 0.3) is 0 Å². The normalized spacial score (nSPS) is 13.8. The Bertz CT molecular complexity index is 1110. The Kier molecular flexibility index (Phi) is 9.11. The standard InChI is InChI=1S/C25H30FN5O.HI/c1-2-27-25(28-12-11-19-16-29-23-10-9-20(26)14-22(19)23)30-15-17-5-3-8-21(13-17)31-24(32)18-6-4-7-18;/h3,5,8-10,13-14,16,18,29H,2,4,6-7,11-12,15H2,1H3,(H,31,32)(H2,27,28,30);1H. The van der Waals surface area contributed by atoms with Gasteiger partial charge in [-0.2, -0.15) is 0 Å². The van der Waals surface area contributed by atoms with Gasteiger partial charge in [0.05, 0.1) is 6.54 Å². The molecule has 1 aromatic heterocycles. The van der Waals surface area contributed by atoms with Crippen LogP contribution in [-0.4, -0.2) is 29.9 Å². The molecule has 176 valence electrons. The molecule has 1 saturated carbocycles. The Balaban J connectivity index is 0.00000306. The van der Waals surface area contributed by atoms with E-state index in [1.165, 1.54) is 6.07 Å². The molecule has 0 unspecified atom stereocenters. The number of carbonyl (C=O) groups is 1. The fraction of sp³-hybridized carbons (Fsp3) is 0.360. The number of carbonyl (C=O) groups excluding carboxylic acids is 1. The van der Waals surface area contributed by atoms with E-state index in [1.807, 2.05) is 37.4 Å². The molecule has 4 rings (SSSR count). The third kappa shape index (κ3) is 6.69. The first kappa shape index (κ1) is 25.0. The van der Waals surface area contributed by atoms with Crippen molar-refractivity contribution in [2.24, 2.45) is 10.9 Å². The van der Waals surface area contributed by atoms with Gasteiger partial charge in [-0.05, 0) is 67.6 Å². The van der Waals surface area contributed by atoms with Gasteiger partial charge in [-0.25, -0.2) is 9.38 Å². The number of nitrogens with zero attached hydrogens (tertiary/aromatic N) is 1. The molecular formula is C25H31FIN5O. The first-order chi connectivity index (χ1) is 15.6. The summed E-state index contributed by atoms with van der Waals surface area (Å²) >= 11 is 0. The SMILES string of the molecule is CCNC(=NCc1cccc(NC(=O)C2CCC2)c1)NCCc1c[nH]c2ccc(F)cc12.I. The number of fused-ring (bicyclic) bond motifs is 1. The minimum atomic E-state index is -0.229.